The monoisotopic (exact) mass is 446 g/mol. The number of methoxy groups -OCH3 is 1. The number of ether oxygens (including phenoxy) is 1. The van der Waals surface area contributed by atoms with Gasteiger partial charge in [0.15, 0.2) is 0 Å². The molecule has 3 nitrogen and oxygen atoms in total. The highest BCUT2D eigenvalue weighted by molar-refractivity contribution is 5.88. The first-order valence-corrected chi connectivity index (χ1v) is 12.9. The highest BCUT2D eigenvalue weighted by Crippen LogP contribution is 2.36. The van der Waals surface area contributed by atoms with Crippen LogP contribution in [0.2, 0.25) is 0 Å². The lowest BCUT2D eigenvalue weighted by Gasteiger charge is -2.34. The number of hydrogen-bond acceptors (Lipinski definition) is 2. The van der Waals surface area contributed by atoms with Crippen molar-refractivity contribution in [1.82, 2.24) is 9.47 Å². The van der Waals surface area contributed by atoms with Gasteiger partial charge in [-0.25, -0.2) is 0 Å². The number of aromatic nitrogens is 1. The number of piperidine rings is 1. The molecule has 2 aromatic carbocycles. The van der Waals surface area contributed by atoms with Crippen LogP contribution in [0.15, 0.2) is 42.5 Å². The number of nitrogens with zero attached hydrogens (tertiary/aromatic N) is 2. The van der Waals surface area contributed by atoms with Crippen LogP contribution in [0.4, 0.5) is 0 Å². The average Bonchev–Trinajstić information content (AvgIpc) is 3.11. The predicted molar refractivity (Wildman–Crippen MR) is 140 cm³/mol. The smallest absolute Gasteiger partial charge is 0.0515 e. The van der Waals surface area contributed by atoms with Crippen LogP contribution < -0.4 is 0 Å². The lowest BCUT2D eigenvalue weighted by molar-refractivity contribution is 0.187. The van der Waals surface area contributed by atoms with E-state index < -0.39 is 0 Å². The molecule has 0 N–H and O–H groups in total. The fourth-order valence-corrected chi connectivity index (χ4v) is 5.81. The zero-order valence-electron chi connectivity index (χ0n) is 21.2. The van der Waals surface area contributed by atoms with E-state index >= 15 is 0 Å². The zero-order valence-corrected chi connectivity index (χ0v) is 21.2. The molecule has 0 saturated carbocycles. The van der Waals surface area contributed by atoms with Crippen molar-refractivity contribution in [1.29, 1.82) is 0 Å². The standard InChI is InChI=1S/C30H42N2O/c1-23-14-16-26(17-15-23)11-5-6-18-31-19-8-12-27(22-31)30-25(3)28-13-7-10-24(2)29(28)32(30)20-9-21-33-4/h7,10,13-17,27H,5-6,8-9,11-12,18-22H2,1-4H3. The highest BCUT2D eigenvalue weighted by Gasteiger charge is 2.27. The molecule has 33 heavy (non-hydrogen) atoms. The van der Waals surface area contributed by atoms with Crippen molar-refractivity contribution in [3.05, 3.63) is 70.4 Å². The van der Waals surface area contributed by atoms with Gasteiger partial charge in [0.05, 0.1) is 5.52 Å². The summed E-state index contributed by atoms with van der Waals surface area (Å²) in [5.41, 5.74) is 8.74. The number of benzene rings is 2. The van der Waals surface area contributed by atoms with E-state index in [1.165, 1.54) is 84.9 Å². The molecule has 0 bridgehead atoms. The Kier molecular flexibility index (Phi) is 8.27. The summed E-state index contributed by atoms with van der Waals surface area (Å²) in [5.74, 6) is 0.630. The van der Waals surface area contributed by atoms with Gasteiger partial charge in [-0.2, -0.15) is 0 Å². The second-order valence-electron chi connectivity index (χ2n) is 10.1. The maximum absolute atomic E-state index is 5.39. The van der Waals surface area contributed by atoms with Gasteiger partial charge in [0, 0.05) is 43.8 Å². The highest BCUT2D eigenvalue weighted by atomic mass is 16.5. The van der Waals surface area contributed by atoms with Crippen LogP contribution in [0.5, 0.6) is 0 Å². The Labute approximate surface area is 200 Å². The van der Waals surface area contributed by atoms with E-state index in [4.69, 9.17) is 4.74 Å². The molecule has 1 fully saturated rings. The zero-order chi connectivity index (χ0) is 23.2. The molecule has 178 valence electrons. The minimum absolute atomic E-state index is 0.630. The van der Waals surface area contributed by atoms with Gasteiger partial charge in [-0.15, -0.1) is 0 Å². The van der Waals surface area contributed by atoms with Crippen molar-refractivity contribution in [2.75, 3.05) is 33.4 Å². The van der Waals surface area contributed by atoms with E-state index in [0.717, 1.165) is 19.6 Å². The fraction of sp³-hybridized carbons (Fsp3) is 0.533. The molecule has 1 saturated heterocycles. The fourth-order valence-electron chi connectivity index (χ4n) is 5.81. The molecule has 0 aliphatic carbocycles. The Morgan fingerprint density at radius 3 is 2.55 bits per heavy atom. The molecule has 1 aromatic heterocycles. The van der Waals surface area contributed by atoms with Gasteiger partial charge in [-0.05, 0) is 89.1 Å². The second kappa shape index (κ2) is 11.4. The van der Waals surface area contributed by atoms with Crippen molar-refractivity contribution in [3.63, 3.8) is 0 Å². The van der Waals surface area contributed by atoms with Crippen LogP contribution in [0, 0.1) is 20.8 Å². The van der Waals surface area contributed by atoms with E-state index in [2.05, 4.69) is 72.7 Å². The molecular formula is C30H42N2O. The van der Waals surface area contributed by atoms with Crippen molar-refractivity contribution >= 4 is 10.9 Å². The molecule has 0 radical (unpaired) electrons. The number of para-hydroxylation sites is 1. The largest absolute Gasteiger partial charge is 0.385 e. The van der Waals surface area contributed by atoms with E-state index in [1.807, 2.05) is 7.11 Å². The Hall–Kier alpha value is -2.10. The van der Waals surface area contributed by atoms with Gasteiger partial charge in [0.1, 0.15) is 0 Å². The third-order valence-corrected chi connectivity index (χ3v) is 7.52. The normalized spacial score (nSPS) is 17.2. The molecule has 1 atom stereocenters. The van der Waals surface area contributed by atoms with Gasteiger partial charge in [0.25, 0.3) is 0 Å². The molecule has 0 amide bonds. The van der Waals surface area contributed by atoms with Crippen LogP contribution in [-0.4, -0.2) is 42.8 Å². The van der Waals surface area contributed by atoms with Gasteiger partial charge >= 0.3 is 0 Å². The summed E-state index contributed by atoms with van der Waals surface area (Å²) in [4.78, 5) is 2.73. The van der Waals surface area contributed by atoms with Gasteiger partial charge in [-0.3, -0.25) is 0 Å². The molecular weight excluding hydrogens is 404 g/mol. The summed E-state index contributed by atoms with van der Waals surface area (Å²) in [6, 6.07) is 15.9. The molecule has 0 spiro atoms. The number of likely N-dealkylation sites (tertiary alicyclic amines) is 1. The third-order valence-electron chi connectivity index (χ3n) is 7.52. The lowest BCUT2D eigenvalue weighted by Crippen LogP contribution is -2.36. The van der Waals surface area contributed by atoms with Crippen LogP contribution in [0.3, 0.4) is 0 Å². The van der Waals surface area contributed by atoms with Gasteiger partial charge in [-0.1, -0.05) is 48.0 Å². The van der Waals surface area contributed by atoms with Crippen LogP contribution in [0.25, 0.3) is 10.9 Å². The van der Waals surface area contributed by atoms with E-state index in [1.54, 1.807) is 5.69 Å². The summed E-state index contributed by atoms with van der Waals surface area (Å²) in [7, 11) is 1.81. The Morgan fingerprint density at radius 1 is 0.939 bits per heavy atom. The number of rotatable bonds is 10. The Bertz CT molecular complexity index is 1030. The first kappa shape index (κ1) is 24.0. The summed E-state index contributed by atoms with van der Waals surface area (Å²) in [5, 5.41) is 1.44. The predicted octanol–water partition coefficient (Wildman–Crippen LogP) is 6.81. The number of hydrogen-bond donors (Lipinski definition) is 0. The quantitative estimate of drug-likeness (QED) is 0.318. The molecule has 3 heteroatoms. The maximum atomic E-state index is 5.39. The Morgan fingerprint density at radius 2 is 1.76 bits per heavy atom. The first-order chi connectivity index (χ1) is 16.1. The van der Waals surface area contributed by atoms with Crippen molar-refractivity contribution < 1.29 is 4.74 Å². The molecule has 1 unspecified atom stereocenters. The number of aryl methyl sites for hydroxylation is 5. The van der Waals surface area contributed by atoms with Crippen molar-refractivity contribution in [3.8, 4) is 0 Å². The molecule has 1 aliphatic heterocycles. The number of unbranched alkanes of at least 4 members (excludes halogenated alkanes) is 1. The van der Waals surface area contributed by atoms with E-state index in [0.29, 0.717) is 5.92 Å². The first-order valence-electron chi connectivity index (χ1n) is 12.9. The molecule has 4 rings (SSSR count). The summed E-state index contributed by atoms with van der Waals surface area (Å²) < 4.78 is 8.03. The van der Waals surface area contributed by atoms with E-state index in [-0.39, 0.29) is 0 Å². The summed E-state index contributed by atoms with van der Waals surface area (Å²) in [6.45, 7) is 12.3. The van der Waals surface area contributed by atoms with Gasteiger partial charge < -0.3 is 14.2 Å². The number of fused-ring (bicyclic) bond motifs is 1. The van der Waals surface area contributed by atoms with Crippen molar-refractivity contribution in [2.45, 2.75) is 71.8 Å². The second-order valence-corrected chi connectivity index (χ2v) is 10.1. The van der Waals surface area contributed by atoms with Crippen LogP contribution in [0.1, 0.15) is 66.0 Å². The van der Waals surface area contributed by atoms with Crippen molar-refractivity contribution in [2.24, 2.45) is 0 Å². The SMILES string of the molecule is COCCCn1c(C2CCCN(CCCCc3ccc(C)cc3)C2)c(C)c2cccc(C)c21. The van der Waals surface area contributed by atoms with Crippen LogP contribution in [-0.2, 0) is 17.7 Å². The average molecular weight is 447 g/mol. The molecule has 2 heterocycles. The maximum Gasteiger partial charge on any atom is 0.0515 e. The lowest BCUT2D eigenvalue weighted by atomic mass is 9.91. The van der Waals surface area contributed by atoms with E-state index in [9.17, 15) is 0 Å². The van der Waals surface area contributed by atoms with Crippen LogP contribution >= 0.6 is 0 Å². The molecule has 3 aromatic rings. The Balaban J connectivity index is 1.44. The summed E-state index contributed by atoms with van der Waals surface area (Å²) in [6.07, 6.45) is 7.44. The minimum atomic E-state index is 0.630. The summed E-state index contributed by atoms with van der Waals surface area (Å²) >= 11 is 0. The molecule has 1 aliphatic rings. The van der Waals surface area contributed by atoms with Gasteiger partial charge in [0.2, 0.25) is 0 Å². The topological polar surface area (TPSA) is 17.4 Å². The third kappa shape index (κ3) is 5.70. The minimum Gasteiger partial charge on any atom is -0.385 e.